The highest BCUT2D eigenvalue weighted by molar-refractivity contribution is 7.88. The number of esters is 1. The van der Waals surface area contributed by atoms with Gasteiger partial charge in [0.2, 0.25) is 15.9 Å². The van der Waals surface area contributed by atoms with E-state index in [0.717, 1.165) is 6.26 Å². The summed E-state index contributed by atoms with van der Waals surface area (Å²) in [4.78, 5) is 38.9. The van der Waals surface area contributed by atoms with E-state index in [1.54, 1.807) is 36.9 Å². The summed E-state index contributed by atoms with van der Waals surface area (Å²) >= 11 is 0. The van der Waals surface area contributed by atoms with Crippen molar-refractivity contribution in [3.63, 3.8) is 0 Å². The summed E-state index contributed by atoms with van der Waals surface area (Å²) in [5.41, 5.74) is 0.642. The fourth-order valence-corrected chi connectivity index (χ4v) is 4.51. The Bertz CT molecular complexity index is 1080. The Morgan fingerprint density at radius 2 is 1.95 bits per heavy atom. The standard InChI is InChI=1S/C26H41N3O8S/c1-6-36-25(32)11-9-7-8-10-24(31)27-20-12-13-22-21(14-20)26(33)29(19(3)17-30)15-18(2)23(37-22)16-28(4)38(5,34)35/h12-14,18-19,23,30H,6-11,15-17H2,1-5H3,(H,27,31)/t18-,19-,23-/m0/s1. The topological polar surface area (TPSA) is 143 Å². The zero-order chi connectivity index (χ0) is 28.5. The number of ether oxygens (including phenoxy) is 2. The van der Waals surface area contributed by atoms with Gasteiger partial charge in [-0.15, -0.1) is 0 Å². The van der Waals surface area contributed by atoms with Crippen molar-refractivity contribution in [1.82, 2.24) is 9.21 Å². The van der Waals surface area contributed by atoms with Gasteiger partial charge in [-0.25, -0.2) is 12.7 Å². The Balaban J connectivity index is 2.17. The summed E-state index contributed by atoms with van der Waals surface area (Å²) in [5.74, 6) is -0.761. The molecule has 1 aliphatic heterocycles. The molecule has 1 aromatic carbocycles. The number of sulfonamides is 1. The maximum absolute atomic E-state index is 13.5. The van der Waals surface area contributed by atoms with E-state index in [1.165, 1.54) is 11.4 Å². The Kier molecular flexibility index (Phi) is 12.0. The van der Waals surface area contributed by atoms with Gasteiger partial charge in [-0.05, 0) is 44.9 Å². The number of nitrogens with zero attached hydrogens (tertiary/aromatic N) is 2. The van der Waals surface area contributed by atoms with Gasteiger partial charge in [0.25, 0.3) is 5.91 Å². The van der Waals surface area contributed by atoms with Crippen LogP contribution in [0.2, 0.25) is 0 Å². The molecule has 0 aliphatic carbocycles. The van der Waals surface area contributed by atoms with E-state index in [9.17, 15) is 27.9 Å². The Morgan fingerprint density at radius 3 is 2.58 bits per heavy atom. The highest BCUT2D eigenvalue weighted by Gasteiger charge is 2.34. The quantitative estimate of drug-likeness (QED) is 0.279. The van der Waals surface area contributed by atoms with Crippen molar-refractivity contribution in [2.45, 2.75) is 65.0 Å². The SMILES string of the molecule is CCOC(=O)CCCCCC(=O)Nc1ccc2c(c1)C(=O)N([C@@H](C)CO)C[C@H](C)[C@H](CN(C)S(C)(=O)=O)O2. The number of amides is 2. The highest BCUT2D eigenvalue weighted by atomic mass is 32.2. The van der Waals surface area contributed by atoms with Crippen LogP contribution in [0.4, 0.5) is 5.69 Å². The summed E-state index contributed by atoms with van der Waals surface area (Å²) in [6.45, 7) is 5.82. The van der Waals surface area contributed by atoms with Crippen LogP contribution in [0.3, 0.4) is 0 Å². The lowest BCUT2D eigenvalue weighted by Crippen LogP contribution is -2.50. The van der Waals surface area contributed by atoms with Crippen molar-refractivity contribution < 1.29 is 37.4 Å². The third kappa shape index (κ3) is 9.25. The second kappa shape index (κ2) is 14.5. The minimum Gasteiger partial charge on any atom is -0.488 e. The first-order valence-electron chi connectivity index (χ1n) is 13.0. The van der Waals surface area contributed by atoms with Gasteiger partial charge in [0.15, 0.2) is 0 Å². The number of benzene rings is 1. The van der Waals surface area contributed by atoms with Crippen molar-refractivity contribution >= 4 is 33.5 Å². The smallest absolute Gasteiger partial charge is 0.305 e. The van der Waals surface area contributed by atoms with E-state index in [2.05, 4.69) is 5.32 Å². The monoisotopic (exact) mass is 555 g/mol. The number of hydrogen-bond acceptors (Lipinski definition) is 8. The average molecular weight is 556 g/mol. The molecule has 1 heterocycles. The molecular formula is C26H41N3O8S. The first-order valence-corrected chi connectivity index (χ1v) is 14.8. The largest absolute Gasteiger partial charge is 0.488 e. The van der Waals surface area contributed by atoms with Crippen molar-refractivity contribution in [1.29, 1.82) is 0 Å². The van der Waals surface area contributed by atoms with Crippen molar-refractivity contribution in [2.24, 2.45) is 5.92 Å². The van der Waals surface area contributed by atoms with Crippen LogP contribution in [-0.2, 0) is 24.3 Å². The third-order valence-corrected chi connectivity index (χ3v) is 7.82. The lowest BCUT2D eigenvalue weighted by molar-refractivity contribution is -0.143. The van der Waals surface area contributed by atoms with Gasteiger partial charge in [-0.2, -0.15) is 0 Å². The Hall–Kier alpha value is -2.70. The lowest BCUT2D eigenvalue weighted by Gasteiger charge is -2.38. The summed E-state index contributed by atoms with van der Waals surface area (Å²) in [6, 6.07) is 4.29. The second-order valence-corrected chi connectivity index (χ2v) is 11.9. The molecular weight excluding hydrogens is 514 g/mol. The number of fused-ring (bicyclic) bond motifs is 1. The van der Waals surface area contributed by atoms with Gasteiger partial charge in [0.05, 0.1) is 37.6 Å². The van der Waals surface area contributed by atoms with E-state index in [0.29, 0.717) is 38.0 Å². The van der Waals surface area contributed by atoms with Crippen LogP contribution in [0.5, 0.6) is 5.75 Å². The van der Waals surface area contributed by atoms with Gasteiger partial charge in [-0.1, -0.05) is 13.3 Å². The van der Waals surface area contributed by atoms with E-state index >= 15 is 0 Å². The third-order valence-electron chi connectivity index (χ3n) is 6.54. The van der Waals surface area contributed by atoms with Gasteiger partial charge in [0.1, 0.15) is 11.9 Å². The molecule has 3 atom stereocenters. The summed E-state index contributed by atoms with van der Waals surface area (Å²) < 4.78 is 36.3. The second-order valence-electron chi connectivity index (χ2n) is 9.79. The molecule has 12 heteroatoms. The van der Waals surface area contributed by atoms with Crippen molar-refractivity contribution in [3.05, 3.63) is 23.8 Å². The molecule has 38 heavy (non-hydrogen) atoms. The number of aliphatic hydroxyl groups excluding tert-OH is 1. The highest BCUT2D eigenvalue weighted by Crippen LogP contribution is 2.31. The van der Waals surface area contributed by atoms with E-state index in [1.807, 2.05) is 6.92 Å². The number of unbranched alkanes of at least 4 members (excludes halogenated alkanes) is 2. The van der Waals surface area contributed by atoms with Crippen LogP contribution in [0.1, 0.15) is 63.2 Å². The van der Waals surface area contributed by atoms with E-state index in [-0.39, 0.29) is 61.1 Å². The Morgan fingerprint density at radius 1 is 1.26 bits per heavy atom. The summed E-state index contributed by atoms with van der Waals surface area (Å²) in [6.07, 6.45) is 3.11. The van der Waals surface area contributed by atoms with Crippen LogP contribution in [-0.4, -0.2) is 92.3 Å². The maximum atomic E-state index is 13.5. The minimum atomic E-state index is -3.45. The normalized spacial score (nSPS) is 18.7. The molecule has 0 aromatic heterocycles. The molecule has 0 saturated carbocycles. The van der Waals surface area contributed by atoms with Crippen LogP contribution < -0.4 is 10.1 Å². The number of aliphatic hydroxyl groups is 1. The molecule has 0 spiro atoms. The molecule has 0 radical (unpaired) electrons. The first-order chi connectivity index (χ1) is 17.9. The lowest BCUT2D eigenvalue weighted by atomic mass is 9.99. The van der Waals surface area contributed by atoms with Crippen molar-refractivity contribution in [2.75, 3.05) is 44.9 Å². The van der Waals surface area contributed by atoms with Gasteiger partial charge in [0, 0.05) is 38.0 Å². The average Bonchev–Trinajstić information content (AvgIpc) is 2.85. The number of nitrogens with one attached hydrogen (secondary N) is 1. The number of anilines is 1. The minimum absolute atomic E-state index is 0.0869. The molecule has 2 N–H and O–H groups in total. The van der Waals surface area contributed by atoms with Gasteiger partial charge < -0.3 is 24.8 Å². The van der Waals surface area contributed by atoms with Crippen LogP contribution in [0, 0.1) is 5.92 Å². The predicted molar refractivity (Wildman–Crippen MR) is 143 cm³/mol. The molecule has 11 nitrogen and oxygen atoms in total. The number of likely N-dealkylation sites (N-methyl/N-ethyl adjacent to an activating group) is 1. The fraction of sp³-hybridized carbons (Fsp3) is 0.654. The number of hydrogen-bond donors (Lipinski definition) is 2. The zero-order valence-electron chi connectivity index (χ0n) is 22.9. The van der Waals surface area contributed by atoms with Crippen LogP contribution in [0.25, 0.3) is 0 Å². The van der Waals surface area contributed by atoms with Gasteiger partial charge >= 0.3 is 5.97 Å². The molecule has 0 bridgehead atoms. The molecule has 0 saturated heterocycles. The molecule has 1 aromatic rings. The maximum Gasteiger partial charge on any atom is 0.305 e. The molecule has 2 amide bonds. The molecule has 214 valence electrons. The molecule has 0 fully saturated rings. The van der Waals surface area contributed by atoms with Gasteiger partial charge in [-0.3, -0.25) is 14.4 Å². The fourth-order valence-electron chi connectivity index (χ4n) is 4.10. The molecule has 1 aliphatic rings. The predicted octanol–water partition coefficient (Wildman–Crippen LogP) is 2.25. The zero-order valence-corrected chi connectivity index (χ0v) is 23.8. The number of carbonyl (C=O) groups excluding carboxylic acids is 3. The molecule has 0 unspecified atom stereocenters. The molecule has 2 rings (SSSR count). The first kappa shape index (κ1) is 31.5. The summed E-state index contributed by atoms with van der Waals surface area (Å²) in [7, 11) is -1.97. The van der Waals surface area contributed by atoms with E-state index in [4.69, 9.17) is 9.47 Å². The van der Waals surface area contributed by atoms with Crippen LogP contribution >= 0.6 is 0 Å². The number of carbonyl (C=O) groups is 3. The van der Waals surface area contributed by atoms with Crippen LogP contribution in [0.15, 0.2) is 18.2 Å². The van der Waals surface area contributed by atoms with Crippen molar-refractivity contribution in [3.8, 4) is 5.75 Å². The number of rotatable bonds is 13. The summed E-state index contributed by atoms with van der Waals surface area (Å²) in [5, 5.41) is 12.6. The van der Waals surface area contributed by atoms with E-state index < -0.39 is 22.2 Å². The Labute approximate surface area is 225 Å².